The van der Waals surface area contributed by atoms with Crippen LogP contribution in [0, 0.1) is 5.92 Å². The van der Waals surface area contributed by atoms with Crippen molar-refractivity contribution >= 4 is 17.2 Å². The van der Waals surface area contributed by atoms with Crippen molar-refractivity contribution in [2.24, 2.45) is 5.92 Å². The topological polar surface area (TPSA) is 45.2 Å². The Morgan fingerprint density at radius 1 is 1.23 bits per heavy atom. The number of hydrogen-bond donors (Lipinski definition) is 1. The fourth-order valence-corrected chi connectivity index (χ4v) is 4.41. The van der Waals surface area contributed by atoms with Crippen molar-refractivity contribution in [1.82, 2.24) is 15.2 Å². The Morgan fingerprint density at radius 2 is 2.00 bits per heavy atom. The van der Waals surface area contributed by atoms with Gasteiger partial charge in [-0.05, 0) is 38.8 Å². The number of carbonyl (C=O) groups is 1. The largest absolute Gasteiger partial charge is 0.355 e. The van der Waals surface area contributed by atoms with Crippen molar-refractivity contribution in [2.75, 3.05) is 19.6 Å². The van der Waals surface area contributed by atoms with Crippen LogP contribution in [0.2, 0.25) is 0 Å². The number of amides is 1. The molecule has 1 N–H and O–H groups in total. The first-order chi connectivity index (χ1) is 10.8. The van der Waals surface area contributed by atoms with Gasteiger partial charge in [0.25, 0.3) is 0 Å². The molecule has 0 radical (unpaired) electrons. The molecule has 5 heteroatoms. The molecule has 1 aromatic heterocycles. The average molecular weight is 321 g/mol. The van der Waals surface area contributed by atoms with E-state index in [1.54, 1.807) is 11.3 Å². The Labute approximate surface area is 137 Å². The lowest BCUT2D eigenvalue weighted by molar-refractivity contribution is -0.126. The third-order valence-corrected chi connectivity index (χ3v) is 5.95. The van der Waals surface area contributed by atoms with Crippen LogP contribution in [0.15, 0.2) is 11.6 Å². The second-order valence-electron chi connectivity index (χ2n) is 6.57. The molecule has 0 aromatic carbocycles. The molecule has 22 heavy (non-hydrogen) atoms. The van der Waals surface area contributed by atoms with Gasteiger partial charge in [0.05, 0.1) is 5.01 Å². The number of likely N-dealkylation sites (tertiary alicyclic amines) is 1. The maximum absolute atomic E-state index is 12.3. The van der Waals surface area contributed by atoms with Crippen molar-refractivity contribution < 1.29 is 4.79 Å². The zero-order chi connectivity index (χ0) is 15.2. The van der Waals surface area contributed by atoms with Gasteiger partial charge in [-0.2, -0.15) is 0 Å². The fourth-order valence-electron chi connectivity index (χ4n) is 3.79. The van der Waals surface area contributed by atoms with Crippen molar-refractivity contribution in [2.45, 2.75) is 57.4 Å². The van der Waals surface area contributed by atoms with Crippen LogP contribution in [0.3, 0.4) is 0 Å². The monoisotopic (exact) mass is 321 g/mol. The molecule has 0 bridgehead atoms. The van der Waals surface area contributed by atoms with Crippen molar-refractivity contribution in [3.8, 4) is 0 Å². The highest BCUT2D eigenvalue weighted by atomic mass is 32.1. The van der Waals surface area contributed by atoms with Crippen LogP contribution in [0.1, 0.15) is 50.0 Å². The Balaban J connectivity index is 1.36. The number of nitrogens with one attached hydrogen (secondary N) is 1. The molecular weight excluding hydrogens is 294 g/mol. The van der Waals surface area contributed by atoms with Crippen LogP contribution < -0.4 is 5.32 Å². The number of rotatable bonds is 5. The molecule has 4 nitrogen and oxygen atoms in total. The summed E-state index contributed by atoms with van der Waals surface area (Å²) in [7, 11) is 0. The van der Waals surface area contributed by atoms with Gasteiger partial charge in [-0.1, -0.05) is 19.3 Å². The van der Waals surface area contributed by atoms with Gasteiger partial charge in [-0.15, -0.1) is 11.3 Å². The first-order valence-electron chi connectivity index (χ1n) is 8.73. The molecule has 1 aromatic rings. The minimum atomic E-state index is 0.219. The van der Waals surface area contributed by atoms with Gasteiger partial charge in [0, 0.05) is 36.5 Å². The second kappa shape index (κ2) is 8.06. The van der Waals surface area contributed by atoms with E-state index in [9.17, 15) is 4.79 Å². The van der Waals surface area contributed by atoms with Crippen LogP contribution in [0.4, 0.5) is 0 Å². The van der Waals surface area contributed by atoms with Gasteiger partial charge < -0.3 is 10.2 Å². The predicted octanol–water partition coefficient (Wildman–Crippen LogP) is 2.85. The van der Waals surface area contributed by atoms with Crippen LogP contribution >= 0.6 is 11.3 Å². The maximum Gasteiger partial charge on any atom is 0.223 e. The first-order valence-corrected chi connectivity index (χ1v) is 9.61. The smallest absolute Gasteiger partial charge is 0.223 e. The number of hydrogen-bond acceptors (Lipinski definition) is 4. The molecule has 1 amide bonds. The highest BCUT2D eigenvalue weighted by Crippen LogP contribution is 2.27. The minimum Gasteiger partial charge on any atom is -0.355 e. The van der Waals surface area contributed by atoms with E-state index in [1.807, 2.05) is 11.6 Å². The lowest BCUT2D eigenvalue weighted by Crippen LogP contribution is -2.45. The molecule has 3 rings (SSSR count). The van der Waals surface area contributed by atoms with E-state index in [2.05, 4.69) is 15.2 Å². The summed E-state index contributed by atoms with van der Waals surface area (Å²) in [5, 5.41) is 6.18. The number of nitrogens with zero attached hydrogens (tertiary/aromatic N) is 2. The lowest BCUT2D eigenvalue weighted by Gasteiger charge is -2.38. The molecule has 2 heterocycles. The van der Waals surface area contributed by atoms with Crippen molar-refractivity contribution in [3.05, 3.63) is 16.6 Å². The van der Waals surface area contributed by atoms with E-state index in [1.165, 1.54) is 32.1 Å². The third-order valence-electron chi connectivity index (χ3n) is 5.11. The fraction of sp³-hybridized carbons (Fsp3) is 0.765. The van der Waals surface area contributed by atoms with Crippen LogP contribution in [0.25, 0.3) is 0 Å². The summed E-state index contributed by atoms with van der Waals surface area (Å²) in [6, 6.07) is 0.794. The molecule has 1 saturated heterocycles. The van der Waals surface area contributed by atoms with Gasteiger partial charge in [-0.25, -0.2) is 4.98 Å². The van der Waals surface area contributed by atoms with E-state index in [-0.39, 0.29) is 11.8 Å². The summed E-state index contributed by atoms with van der Waals surface area (Å²) < 4.78 is 0. The number of thiazole rings is 1. The summed E-state index contributed by atoms with van der Waals surface area (Å²) in [6.07, 6.45) is 11.7. The molecule has 122 valence electrons. The van der Waals surface area contributed by atoms with Crippen LogP contribution in [-0.4, -0.2) is 41.5 Å². The van der Waals surface area contributed by atoms with Crippen molar-refractivity contribution in [1.29, 1.82) is 0 Å². The highest BCUT2D eigenvalue weighted by molar-refractivity contribution is 7.09. The molecule has 0 atom stereocenters. The van der Waals surface area contributed by atoms with E-state index < -0.39 is 0 Å². The number of aromatic nitrogens is 1. The average Bonchev–Trinajstić information content (AvgIpc) is 3.09. The molecule has 1 aliphatic heterocycles. The van der Waals surface area contributed by atoms with Crippen molar-refractivity contribution in [3.63, 3.8) is 0 Å². The Kier molecular flexibility index (Phi) is 5.84. The van der Waals surface area contributed by atoms with E-state index >= 15 is 0 Å². The van der Waals surface area contributed by atoms with Crippen LogP contribution in [-0.2, 0) is 11.2 Å². The first kappa shape index (κ1) is 15.9. The second-order valence-corrected chi connectivity index (χ2v) is 7.55. The van der Waals surface area contributed by atoms with E-state index in [0.717, 1.165) is 49.9 Å². The number of piperidine rings is 1. The predicted molar refractivity (Wildman–Crippen MR) is 90.0 cm³/mol. The summed E-state index contributed by atoms with van der Waals surface area (Å²) in [5.74, 6) is 0.469. The SMILES string of the molecule is O=C(NCCc1nccs1)C1CCN(C2CCCCC2)CC1. The molecule has 1 aliphatic carbocycles. The molecule has 1 saturated carbocycles. The van der Waals surface area contributed by atoms with Gasteiger partial charge in [0.1, 0.15) is 0 Å². The summed E-state index contributed by atoms with van der Waals surface area (Å²) in [5.41, 5.74) is 0. The molecular formula is C17H27N3OS. The van der Waals surface area contributed by atoms with Crippen LogP contribution in [0.5, 0.6) is 0 Å². The molecule has 2 fully saturated rings. The third kappa shape index (κ3) is 4.29. The quantitative estimate of drug-likeness (QED) is 0.907. The van der Waals surface area contributed by atoms with Gasteiger partial charge in [0.15, 0.2) is 0 Å². The highest BCUT2D eigenvalue weighted by Gasteiger charge is 2.29. The zero-order valence-electron chi connectivity index (χ0n) is 13.3. The standard InChI is InChI=1S/C17H27N3OS/c21-17(19-9-6-16-18-10-13-22-16)14-7-11-20(12-8-14)15-4-2-1-3-5-15/h10,13-15H,1-9,11-12H2,(H,19,21). The Morgan fingerprint density at radius 3 is 2.68 bits per heavy atom. The molecule has 2 aliphatic rings. The Hall–Kier alpha value is -0.940. The van der Waals surface area contributed by atoms with Gasteiger partial charge >= 0.3 is 0 Å². The maximum atomic E-state index is 12.3. The van der Waals surface area contributed by atoms with E-state index in [4.69, 9.17) is 0 Å². The molecule has 0 unspecified atom stereocenters. The minimum absolute atomic E-state index is 0.219. The summed E-state index contributed by atoms with van der Waals surface area (Å²) >= 11 is 1.66. The zero-order valence-corrected chi connectivity index (χ0v) is 14.1. The lowest BCUT2D eigenvalue weighted by atomic mass is 9.90. The normalized spacial score (nSPS) is 21.8. The Bertz CT molecular complexity index is 448. The summed E-state index contributed by atoms with van der Waals surface area (Å²) in [4.78, 5) is 19.1. The van der Waals surface area contributed by atoms with Gasteiger partial charge in [-0.3, -0.25) is 4.79 Å². The number of carbonyl (C=O) groups excluding carboxylic acids is 1. The molecule has 0 spiro atoms. The van der Waals surface area contributed by atoms with E-state index in [0.29, 0.717) is 0 Å². The summed E-state index contributed by atoms with van der Waals surface area (Å²) in [6.45, 7) is 2.93. The van der Waals surface area contributed by atoms with Gasteiger partial charge in [0.2, 0.25) is 5.91 Å².